The molecule has 0 saturated heterocycles. The largest absolute Gasteiger partial charge is 0.444 e. The van der Waals surface area contributed by atoms with E-state index in [0.717, 1.165) is 21.7 Å². The van der Waals surface area contributed by atoms with E-state index in [0.29, 0.717) is 39.9 Å². The van der Waals surface area contributed by atoms with E-state index >= 15 is 0 Å². The number of hydrogen-bond acceptors (Lipinski definition) is 6. The zero-order valence-electron chi connectivity index (χ0n) is 22.5. The highest BCUT2D eigenvalue weighted by atomic mass is 35.5. The van der Waals surface area contributed by atoms with E-state index in [2.05, 4.69) is 27.5 Å². The SMILES string of the molecule is C=CC1=C(N=C(N)c2ccccc2Cl)c2sc(NC(=O)NCc3cccc(NC(=O)OC(C)(C)C)c3)nc2CC1. The van der Waals surface area contributed by atoms with Gasteiger partial charge in [-0.05, 0) is 69.0 Å². The number of ether oxygens (including phenoxy) is 1. The van der Waals surface area contributed by atoms with Crippen molar-refractivity contribution in [1.82, 2.24) is 10.3 Å². The van der Waals surface area contributed by atoms with Gasteiger partial charge in [-0.3, -0.25) is 10.6 Å². The highest BCUT2D eigenvalue weighted by molar-refractivity contribution is 7.17. The molecule has 2 aromatic carbocycles. The molecule has 0 fully saturated rings. The number of allylic oxidation sites excluding steroid dienone is 2. The first kappa shape index (κ1) is 28.8. The lowest BCUT2D eigenvalue weighted by Gasteiger charge is -2.19. The Balaban J connectivity index is 1.43. The van der Waals surface area contributed by atoms with Gasteiger partial charge in [-0.1, -0.05) is 59.9 Å². The van der Waals surface area contributed by atoms with E-state index < -0.39 is 17.7 Å². The number of carbonyl (C=O) groups excluding carboxylic acids is 2. The number of nitrogens with two attached hydrogens (primary N) is 1. The highest BCUT2D eigenvalue weighted by Gasteiger charge is 2.24. The molecule has 0 atom stereocenters. The van der Waals surface area contributed by atoms with Gasteiger partial charge in [0.2, 0.25) is 0 Å². The molecule has 0 spiro atoms. The molecule has 3 amide bonds. The van der Waals surface area contributed by atoms with Gasteiger partial charge in [0.05, 0.1) is 21.3 Å². The van der Waals surface area contributed by atoms with Crippen molar-refractivity contribution in [2.24, 2.45) is 10.7 Å². The number of aromatic nitrogens is 1. The van der Waals surface area contributed by atoms with Gasteiger partial charge >= 0.3 is 12.1 Å². The van der Waals surface area contributed by atoms with E-state index in [9.17, 15) is 9.59 Å². The van der Waals surface area contributed by atoms with Gasteiger partial charge in [-0.25, -0.2) is 19.6 Å². The minimum absolute atomic E-state index is 0.241. The number of aryl methyl sites for hydroxylation is 1. The van der Waals surface area contributed by atoms with E-state index in [-0.39, 0.29) is 12.4 Å². The van der Waals surface area contributed by atoms with Crippen molar-refractivity contribution >= 4 is 57.4 Å². The Morgan fingerprint density at radius 3 is 2.67 bits per heavy atom. The van der Waals surface area contributed by atoms with Crippen LogP contribution in [-0.2, 0) is 17.7 Å². The number of amidine groups is 1. The summed E-state index contributed by atoms with van der Waals surface area (Å²) in [5.74, 6) is 0.289. The summed E-state index contributed by atoms with van der Waals surface area (Å²) in [6.07, 6.45) is 2.62. The summed E-state index contributed by atoms with van der Waals surface area (Å²) in [6.45, 7) is 9.56. The molecule has 1 aromatic heterocycles. The molecule has 9 nitrogen and oxygen atoms in total. The maximum absolute atomic E-state index is 12.7. The molecule has 0 saturated carbocycles. The molecular weight excluding hydrogens is 548 g/mol. The first-order chi connectivity index (χ1) is 19.0. The number of nitrogens with zero attached hydrogens (tertiary/aromatic N) is 2. The van der Waals surface area contributed by atoms with Crippen LogP contribution >= 0.6 is 22.9 Å². The molecule has 0 bridgehead atoms. The lowest BCUT2D eigenvalue weighted by molar-refractivity contribution is 0.0636. The summed E-state index contributed by atoms with van der Waals surface area (Å²) in [5.41, 5.74) is 10.2. The fraction of sp³-hybridized carbons (Fsp3) is 0.241. The molecule has 4 rings (SSSR count). The van der Waals surface area contributed by atoms with Gasteiger partial charge in [0.1, 0.15) is 11.4 Å². The van der Waals surface area contributed by atoms with Crippen LogP contribution in [0.15, 0.2) is 71.8 Å². The zero-order valence-corrected chi connectivity index (χ0v) is 24.1. The predicted octanol–water partition coefficient (Wildman–Crippen LogP) is 6.71. The topological polar surface area (TPSA) is 131 Å². The maximum atomic E-state index is 12.7. The number of fused-ring (bicyclic) bond motifs is 1. The number of benzene rings is 2. The van der Waals surface area contributed by atoms with Gasteiger partial charge < -0.3 is 15.8 Å². The molecule has 11 heteroatoms. The number of urea groups is 1. The number of carbonyl (C=O) groups is 2. The quantitative estimate of drug-likeness (QED) is 0.183. The molecule has 0 aliphatic heterocycles. The van der Waals surface area contributed by atoms with Gasteiger partial charge in [0.15, 0.2) is 5.13 Å². The second kappa shape index (κ2) is 12.4. The van der Waals surface area contributed by atoms with Crippen molar-refractivity contribution in [2.75, 3.05) is 10.6 Å². The van der Waals surface area contributed by atoms with Crippen LogP contribution in [0, 0.1) is 0 Å². The Bertz CT molecular complexity index is 1510. The predicted molar refractivity (Wildman–Crippen MR) is 162 cm³/mol. The number of anilines is 2. The molecule has 5 N–H and O–H groups in total. The van der Waals surface area contributed by atoms with Crippen LogP contribution < -0.4 is 21.7 Å². The smallest absolute Gasteiger partial charge is 0.412 e. The van der Waals surface area contributed by atoms with Crippen LogP contribution in [0.2, 0.25) is 5.02 Å². The van der Waals surface area contributed by atoms with Crippen LogP contribution in [0.1, 0.15) is 48.9 Å². The van der Waals surface area contributed by atoms with Crippen LogP contribution in [0.5, 0.6) is 0 Å². The third kappa shape index (κ3) is 7.49. The number of thiazole rings is 1. The lowest BCUT2D eigenvalue weighted by Crippen LogP contribution is -2.28. The number of amides is 3. The monoisotopic (exact) mass is 578 g/mol. The van der Waals surface area contributed by atoms with E-state index in [1.54, 1.807) is 51.1 Å². The average molecular weight is 579 g/mol. The summed E-state index contributed by atoms with van der Waals surface area (Å²) in [5, 5.41) is 9.28. The Morgan fingerprint density at radius 2 is 1.95 bits per heavy atom. The number of halogens is 1. The summed E-state index contributed by atoms with van der Waals surface area (Å²) in [4.78, 5) is 34.9. The van der Waals surface area contributed by atoms with Crippen LogP contribution in [0.3, 0.4) is 0 Å². The summed E-state index contributed by atoms with van der Waals surface area (Å²) < 4.78 is 5.29. The van der Waals surface area contributed by atoms with E-state index in [4.69, 9.17) is 27.1 Å². The first-order valence-electron chi connectivity index (χ1n) is 12.6. The summed E-state index contributed by atoms with van der Waals surface area (Å²) in [6, 6.07) is 14.0. The molecule has 0 unspecified atom stereocenters. The molecular formula is C29H31ClN6O3S. The number of aliphatic imine (C=N–C) groups is 1. The van der Waals surface area contributed by atoms with Crippen LogP contribution in [0.4, 0.5) is 20.4 Å². The Kier molecular flexibility index (Phi) is 8.91. The number of hydrogen-bond donors (Lipinski definition) is 4. The Hall–Kier alpha value is -4.15. The number of rotatable bonds is 7. The van der Waals surface area contributed by atoms with Gasteiger partial charge in [-0.15, -0.1) is 0 Å². The van der Waals surface area contributed by atoms with Crippen LogP contribution in [-0.4, -0.2) is 28.5 Å². The molecule has 1 heterocycles. The van der Waals surface area contributed by atoms with Crippen molar-refractivity contribution in [1.29, 1.82) is 0 Å². The second-order valence-corrected chi connectivity index (χ2v) is 11.4. The summed E-state index contributed by atoms with van der Waals surface area (Å²) in [7, 11) is 0. The normalized spacial score (nSPS) is 13.3. The minimum atomic E-state index is -0.602. The lowest BCUT2D eigenvalue weighted by atomic mass is 9.98. The van der Waals surface area contributed by atoms with Crippen molar-refractivity contribution in [2.45, 2.75) is 45.8 Å². The fourth-order valence-electron chi connectivity index (χ4n) is 3.95. The van der Waals surface area contributed by atoms with E-state index in [1.165, 1.54) is 11.3 Å². The highest BCUT2D eigenvalue weighted by Crippen LogP contribution is 2.38. The molecule has 1 aliphatic rings. The van der Waals surface area contributed by atoms with Crippen molar-refractivity contribution in [3.05, 3.63) is 93.5 Å². The van der Waals surface area contributed by atoms with Crippen LogP contribution in [0.25, 0.3) is 5.70 Å². The van der Waals surface area contributed by atoms with Gasteiger partial charge in [-0.2, -0.15) is 0 Å². The zero-order chi connectivity index (χ0) is 28.9. The number of nitrogens with one attached hydrogen (secondary N) is 3. The third-order valence-corrected chi connectivity index (χ3v) is 7.07. The molecule has 1 aliphatic carbocycles. The molecule has 0 radical (unpaired) electrons. The Labute approximate surface area is 242 Å². The maximum Gasteiger partial charge on any atom is 0.412 e. The van der Waals surface area contributed by atoms with Crippen molar-refractivity contribution in [3.8, 4) is 0 Å². The van der Waals surface area contributed by atoms with Gasteiger partial charge in [0.25, 0.3) is 0 Å². The minimum Gasteiger partial charge on any atom is -0.444 e. The molecule has 208 valence electrons. The first-order valence-corrected chi connectivity index (χ1v) is 13.8. The Morgan fingerprint density at radius 1 is 1.18 bits per heavy atom. The second-order valence-electron chi connectivity index (χ2n) is 9.98. The fourth-order valence-corrected chi connectivity index (χ4v) is 5.22. The standard InChI is InChI=1S/C29H31ClN6O3S/c1-5-18-13-14-22-24(23(18)35-25(31)20-11-6-7-12-21(20)30)40-27(34-22)36-26(37)32-16-17-9-8-10-19(15-17)33-28(38)39-29(2,3)4/h5-12,15H,1,13-14,16H2,2-4H3,(H2,31,35)(H,33,38)(H2,32,34,36,37). The summed E-state index contributed by atoms with van der Waals surface area (Å²) >= 11 is 7.63. The third-order valence-electron chi connectivity index (χ3n) is 5.72. The average Bonchev–Trinajstić information content (AvgIpc) is 3.29. The molecule has 40 heavy (non-hydrogen) atoms. The van der Waals surface area contributed by atoms with Gasteiger partial charge in [0, 0.05) is 17.8 Å². The van der Waals surface area contributed by atoms with Crippen molar-refractivity contribution in [3.63, 3.8) is 0 Å². The molecule has 3 aromatic rings. The van der Waals surface area contributed by atoms with E-state index in [1.807, 2.05) is 24.3 Å². The van der Waals surface area contributed by atoms with Crippen molar-refractivity contribution < 1.29 is 14.3 Å².